The standard InChI is InChI=1S/C22H26N4O3/c23-21(28)22(8-4-9-26(14-22)20(27)19-7-3-10-29-19)11-16-5-1-2-6-18(16)17-12-24-15-25-13-17/h1-2,5-6,12-13,15,19H,3-4,7-11,14H2,(H2,23,28). The lowest BCUT2D eigenvalue weighted by Crippen LogP contribution is -2.55. The first-order chi connectivity index (χ1) is 14.1. The minimum absolute atomic E-state index is 0.0161. The van der Waals surface area contributed by atoms with Gasteiger partial charge < -0.3 is 15.4 Å². The molecule has 29 heavy (non-hydrogen) atoms. The zero-order valence-corrected chi connectivity index (χ0v) is 16.4. The molecule has 2 aliphatic heterocycles. The summed E-state index contributed by atoms with van der Waals surface area (Å²) in [6.07, 6.45) is 8.17. The maximum absolute atomic E-state index is 12.9. The molecule has 2 saturated heterocycles. The number of aromatic nitrogens is 2. The molecule has 2 aromatic rings. The fraction of sp³-hybridized carbons (Fsp3) is 0.455. The Morgan fingerprint density at radius 2 is 2.00 bits per heavy atom. The number of hydrogen-bond acceptors (Lipinski definition) is 5. The Balaban J connectivity index is 1.61. The Hall–Kier alpha value is -2.80. The van der Waals surface area contributed by atoms with E-state index in [0.717, 1.165) is 36.0 Å². The summed E-state index contributed by atoms with van der Waals surface area (Å²) in [6, 6.07) is 7.92. The van der Waals surface area contributed by atoms with E-state index in [4.69, 9.17) is 10.5 Å². The van der Waals surface area contributed by atoms with Crippen molar-refractivity contribution in [2.45, 2.75) is 38.2 Å². The van der Waals surface area contributed by atoms with Crippen LogP contribution in [0.25, 0.3) is 11.1 Å². The molecule has 0 spiro atoms. The second-order valence-corrected chi connectivity index (χ2v) is 7.97. The van der Waals surface area contributed by atoms with Gasteiger partial charge in [-0.1, -0.05) is 24.3 Å². The van der Waals surface area contributed by atoms with Gasteiger partial charge in [-0.2, -0.15) is 0 Å². The number of rotatable bonds is 5. The summed E-state index contributed by atoms with van der Waals surface area (Å²) < 4.78 is 5.57. The van der Waals surface area contributed by atoms with Crippen molar-refractivity contribution in [3.8, 4) is 11.1 Å². The molecule has 0 radical (unpaired) electrons. The Bertz CT molecular complexity index is 883. The van der Waals surface area contributed by atoms with Gasteiger partial charge in [0.05, 0.1) is 5.41 Å². The third-order valence-corrected chi connectivity index (χ3v) is 6.03. The zero-order valence-electron chi connectivity index (χ0n) is 16.4. The monoisotopic (exact) mass is 394 g/mol. The number of ether oxygens (including phenoxy) is 1. The highest BCUT2D eigenvalue weighted by molar-refractivity contribution is 5.85. The molecule has 2 atom stereocenters. The molecule has 2 amide bonds. The van der Waals surface area contributed by atoms with Gasteiger partial charge in [-0.15, -0.1) is 0 Å². The number of nitrogens with zero attached hydrogens (tertiary/aromatic N) is 3. The SMILES string of the molecule is NC(=O)C1(Cc2ccccc2-c2cncnc2)CCCN(C(=O)C2CCCO2)C1. The van der Waals surface area contributed by atoms with Crippen LogP contribution in [0.5, 0.6) is 0 Å². The van der Waals surface area contributed by atoms with Gasteiger partial charge in [-0.25, -0.2) is 9.97 Å². The summed E-state index contributed by atoms with van der Waals surface area (Å²) in [4.78, 5) is 35.5. The maximum atomic E-state index is 12.9. The Morgan fingerprint density at radius 3 is 2.72 bits per heavy atom. The molecule has 4 rings (SSSR count). The lowest BCUT2D eigenvalue weighted by molar-refractivity contribution is -0.147. The third kappa shape index (κ3) is 4.00. The number of likely N-dealkylation sites (tertiary alicyclic amines) is 1. The molecule has 2 fully saturated rings. The average molecular weight is 394 g/mol. The number of carbonyl (C=O) groups is 2. The van der Waals surface area contributed by atoms with Crippen molar-refractivity contribution in [1.82, 2.24) is 14.9 Å². The van der Waals surface area contributed by atoms with Gasteiger partial charge >= 0.3 is 0 Å². The van der Waals surface area contributed by atoms with Gasteiger partial charge in [-0.05, 0) is 43.2 Å². The Labute approximate surface area is 170 Å². The van der Waals surface area contributed by atoms with Crippen LogP contribution in [0.15, 0.2) is 43.0 Å². The van der Waals surface area contributed by atoms with Crippen molar-refractivity contribution in [2.24, 2.45) is 11.1 Å². The van der Waals surface area contributed by atoms with E-state index in [9.17, 15) is 9.59 Å². The van der Waals surface area contributed by atoms with Crippen molar-refractivity contribution in [2.75, 3.05) is 19.7 Å². The van der Waals surface area contributed by atoms with Crippen LogP contribution in [0.1, 0.15) is 31.2 Å². The van der Waals surface area contributed by atoms with Crippen LogP contribution in [0.4, 0.5) is 0 Å². The maximum Gasteiger partial charge on any atom is 0.251 e. The topological polar surface area (TPSA) is 98.4 Å². The van der Waals surface area contributed by atoms with Crippen LogP contribution < -0.4 is 5.73 Å². The summed E-state index contributed by atoms with van der Waals surface area (Å²) in [5.41, 5.74) is 8.01. The molecule has 2 N–H and O–H groups in total. The van der Waals surface area contributed by atoms with Crippen molar-refractivity contribution >= 4 is 11.8 Å². The molecule has 0 aliphatic carbocycles. The van der Waals surface area contributed by atoms with E-state index >= 15 is 0 Å². The molecular weight excluding hydrogens is 368 g/mol. The van der Waals surface area contributed by atoms with E-state index in [-0.39, 0.29) is 17.9 Å². The second-order valence-electron chi connectivity index (χ2n) is 7.97. The Kier molecular flexibility index (Phi) is 5.58. The molecular formula is C22H26N4O3. The van der Waals surface area contributed by atoms with E-state index in [0.29, 0.717) is 32.5 Å². The van der Waals surface area contributed by atoms with Gasteiger partial charge in [0.25, 0.3) is 5.91 Å². The predicted molar refractivity (Wildman–Crippen MR) is 108 cm³/mol. The van der Waals surface area contributed by atoms with Gasteiger partial charge in [0.15, 0.2) is 0 Å². The lowest BCUT2D eigenvalue weighted by Gasteiger charge is -2.41. The third-order valence-electron chi connectivity index (χ3n) is 6.03. The number of carbonyl (C=O) groups excluding carboxylic acids is 2. The minimum atomic E-state index is -0.793. The number of piperidine rings is 1. The highest BCUT2D eigenvalue weighted by Crippen LogP contribution is 2.37. The molecule has 1 aromatic heterocycles. The fourth-order valence-corrected chi connectivity index (χ4v) is 4.49. The van der Waals surface area contributed by atoms with Crippen LogP contribution in [0.2, 0.25) is 0 Å². The van der Waals surface area contributed by atoms with Crippen LogP contribution in [-0.4, -0.2) is 52.5 Å². The first-order valence-electron chi connectivity index (χ1n) is 10.1. The summed E-state index contributed by atoms with van der Waals surface area (Å²) in [5.74, 6) is -0.376. The number of amides is 2. The summed E-state index contributed by atoms with van der Waals surface area (Å²) in [5, 5.41) is 0. The van der Waals surface area contributed by atoms with Crippen molar-refractivity contribution in [3.05, 3.63) is 48.5 Å². The summed E-state index contributed by atoms with van der Waals surface area (Å²) in [7, 11) is 0. The van der Waals surface area contributed by atoms with E-state index in [1.807, 2.05) is 24.3 Å². The van der Waals surface area contributed by atoms with E-state index < -0.39 is 5.41 Å². The van der Waals surface area contributed by atoms with E-state index in [1.54, 1.807) is 17.3 Å². The number of primary amides is 1. The van der Waals surface area contributed by atoms with Gasteiger partial charge in [-0.3, -0.25) is 9.59 Å². The van der Waals surface area contributed by atoms with E-state index in [2.05, 4.69) is 9.97 Å². The fourth-order valence-electron chi connectivity index (χ4n) is 4.49. The van der Waals surface area contributed by atoms with Crippen LogP contribution in [0, 0.1) is 5.41 Å². The molecule has 0 bridgehead atoms. The first kappa shape index (κ1) is 19.5. The van der Waals surface area contributed by atoms with Gasteiger partial charge in [0, 0.05) is 37.7 Å². The zero-order chi connectivity index (χ0) is 20.3. The van der Waals surface area contributed by atoms with Crippen molar-refractivity contribution in [3.63, 3.8) is 0 Å². The van der Waals surface area contributed by atoms with Gasteiger partial charge in [0.2, 0.25) is 5.91 Å². The van der Waals surface area contributed by atoms with Gasteiger partial charge in [0.1, 0.15) is 12.4 Å². The molecule has 3 heterocycles. The first-order valence-corrected chi connectivity index (χ1v) is 10.1. The quantitative estimate of drug-likeness (QED) is 0.836. The normalized spacial score (nSPS) is 24.4. The lowest BCUT2D eigenvalue weighted by atomic mass is 9.73. The van der Waals surface area contributed by atoms with Crippen LogP contribution in [0.3, 0.4) is 0 Å². The second kappa shape index (κ2) is 8.29. The molecule has 7 nitrogen and oxygen atoms in total. The van der Waals surface area contributed by atoms with Crippen molar-refractivity contribution < 1.29 is 14.3 Å². The van der Waals surface area contributed by atoms with E-state index in [1.165, 1.54) is 6.33 Å². The highest BCUT2D eigenvalue weighted by atomic mass is 16.5. The smallest absolute Gasteiger partial charge is 0.251 e. The summed E-state index contributed by atoms with van der Waals surface area (Å²) >= 11 is 0. The van der Waals surface area contributed by atoms with Crippen LogP contribution in [-0.2, 0) is 20.7 Å². The molecule has 2 unspecified atom stereocenters. The van der Waals surface area contributed by atoms with Crippen molar-refractivity contribution in [1.29, 1.82) is 0 Å². The largest absolute Gasteiger partial charge is 0.369 e. The minimum Gasteiger partial charge on any atom is -0.369 e. The van der Waals surface area contributed by atoms with Crippen LogP contribution >= 0.6 is 0 Å². The molecule has 0 saturated carbocycles. The Morgan fingerprint density at radius 1 is 1.21 bits per heavy atom. The average Bonchev–Trinajstić information content (AvgIpc) is 3.29. The number of benzene rings is 1. The number of hydrogen-bond donors (Lipinski definition) is 1. The number of nitrogens with two attached hydrogens (primary N) is 1. The predicted octanol–water partition coefficient (Wildman–Crippen LogP) is 1.96. The summed E-state index contributed by atoms with van der Waals surface area (Å²) in [6.45, 7) is 1.60. The molecule has 152 valence electrons. The molecule has 1 aromatic carbocycles. The molecule has 7 heteroatoms. The highest BCUT2D eigenvalue weighted by Gasteiger charge is 2.44. The molecule has 2 aliphatic rings.